The first-order valence-corrected chi connectivity index (χ1v) is 9.62. The van der Waals surface area contributed by atoms with Crippen molar-refractivity contribution < 1.29 is 19.4 Å². The lowest BCUT2D eigenvalue weighted by molar-refractivity contribution is 0.0688. The molecule has 0 aliphatic rings. The van der Waals surface area contributed by atoms with Crippen LogP contribution in [0.25, 0.3) is 16.7 Å². The molecule has 4 aromatic rings. The summed E-state index contributed by atoms with van der Waals surface area (Å²) < 4.78 is 6.96. The van der Waals surface area contributed by atoms with E-state index in [-0.39, 0.29) is 6.61 Å². The Balaban J connectivity index is 1.52. The number of carbonyl (C=O) groups excluding carboxylic acids is 1. The zero-order chi connectivity index (χ0) is 22.8. The number of carbonyl (C=O) groups is 2. The van der Waals surface area contributed by atoms with Gasteiger partial charge in [-0.05, 0) is 43.2 Å². The molecule has 0 unspecified atom stereocenters. The fourth-order valence-corrected chi connectivity index (χ4v) is 3.22. The summed E-state index contributed by atoms with van der Waals surface area (Å²) in [6, 6.07) is 10.7. The van der Waals surface area contributed by atoms with Crippen molar-refractivity contribution in [2.75, 3.05) is 5.32 Å². The van der Waals surface area contributed by atoms with Gasteiger partial charge in [-0.3, -0.25) is 10.1 Å². The van der Waals surface area contributed by atoms with Gasteiger partial charge >= 0.3 is 12.1 Å². The fourth-order valence-electron chi connectivity index (χ4n) is 3.22. The van der Waals surface area contributed by atoms with E-state index in [0.29, 0.717) is 28.1 Å². The van der Waals surface area contributed by atoms with Gasteiger partial charge < -0.3 is 19.4 Å². The van der Waals surface area contributed by atoms with Crippen LogP contribution in [0.1, 0.15) is 27.3 Å². The van der Waals surface area contributed by atoms with Crippen LogP contribution in [-0.4, -0.2) is 36.7 Å². The van der Waals surface area contributed by atoms with Crippen molar-refractivity contribution in [1.29, 1.82) is 0 Å². The van der Waals surface area contributed by atoms with Crippen LogP contribution >= 0.6 is 0 Å². The average molecular weight is 433 g/mol. The summed E-state index contributed by atoms with van der Waals surface area (Å²) in [7, 11) is 0. The summed E-state index contributed by atoms with van der Waals surface area (Å²) in [6.45, 7) is 3.68. The Morgan fingerprint density at radius 2 is 1.97 bits per heavy atom. The number of aromatic carboxylic acids is 1. The number of hydrogen-bond acceptors (Lipinski definition) is 6. The van der Waals surface area contributed by atoms with Crippen molar-refractivity contribution in [3.8, 4) is 5.69 Å². The van der Waals surface area contributed by atoms with E-state index in [9.17, 15) is 14.4 Å². The van der Waals surface area contributed by atoms with E-state index in [1.807, 2.05) is 32.0 Å². The Morgan fingerprint density at radius 1 is 1.19 bits per heavy atom. The predicted octanol–water partition coefficient (Wildman–Crippen LogP) is 3.17. The summed E-state index contributed by atoms with van der Waals surface area (Å²) in [5.74, 6) is -1.40. The highest BCUT2D eigenvalue weighted by atomic mass is 16.5. The molecule has 3 N–H and O–H groups in total. The van der Waals surface area contributed by atoms with Crippen molar-refractivity contribution in [1.82, 2.24) is 19.5 Å². The lowest BCUT2D eigenvalue weighted by Crippen LogP contribution is -2.20. The third-order valence-corrected chi connectivity index (χ3v) is 4.86. The number of rotatable bonds is 5. The van der Waals surface area contributed by atoms with Crippen LogP contribution in [0, 0.1) is 13.8 Å². The number of H-pyrrole nitrogens is 1. The second kappa shape index (κ2) is 8.34. The van der Waals surface area contributed by atoms with Crippen LogP contribution < -0.4 is 10.9 Å². The monoisotopic (exact) mass is 433 g/mol. The number of aromatic nitrogens is 4. The number of imidazole rings is 1. The van der Waals surface area contributed by atoms with Crippen molar-refractivity contribution >= 4 is 28.8 Å². The Bertz CT molecular complexity index is 1410. The summed E-state index contributed by atoms with van der Waals surface area (Å²) in [6.07, 6.45) is 2.65. The SMILES string of the molecule is Cc1ccccc1NC(=O)OCc1cn(-c2cc3nc(C(=O)O)c(=O)[nH]c3cc2C)cn1. The fraction of sp³-hybridized carbons (Fsp3) is 0.136. The molecule has 0 aliphatic heterocycles. The first-order chi connectivity index (χ1) is 15.3. The van der Waals surface area contributed by atoms with Gasteiger partial charge in [0.2, 0.25) is 5.69 Å². The Hall–Kier alpha value is -4.47. The van der Waals surface area contributed by atoms with Crippen LogP contribution in [0.3, 0.4) is 0 Å². The molecule has 0 saturated heterocycles. The lowest BCUT2D eigenvalue weighted by atomic mass is 10.1. The highest BCUT2D eigenvalue weighted by molar-refractivity contribution is 5.88. The summed E-state index contributed by atoms with van der Waals surface area (Å²) in [5.41, 5.74) is 3.02. The van der Waals surface area contributed by atoms with E-state index < -0.39 is 23.3 Å². The molecule has 0 fully saturated rings. The molecule has 4 rings (SSSR count). The zero-order valence-corrected chi connectivity index (χ0v) is 17.2. The minimum absolute atomic E-state index is 0.0356. The van der Waals surface area contributed by atoms with E-state index in [2.05, 4.69) is 20.3 Å². The lowest BCUT2D eigenvalue weighted by Gasteiger charge is -2.09. The van der Waals surface area contributed by atoms with Gasteiger partial charge in [0, 0.05) is 11.9 Å². The minimum Gasteiger partial charge on any atom is -0.476 e. The van der Waals surface area contributed by atoms with Gasteiger partial charge in [0.1, 0.15) is 6.61 Å². The number of carboxylic acid groups (broad SMARTS) is 1. The van der Waals surface area contributed by atoms with Crippen LogP contribution in [0.5, 0.6) is 0 Å². The smallest absolute Gasteiger partial charge is 0.412 e. The molecular formula is C22H19N5O5. The second-order valence-electron chi connectivity index (χ2n) is 7.16. The maximum atomic E-state index is 12.1. The molecule has 32 heavy (non-hydrogen) atoms. The number of amides is 1. The number of hydrogen-bond donors (Lipinski definition) is 3. The number of aryl methyl sites for hydroxylation is 2. The quantitative estimate of drug-likeness (QED) is 0.439. The van der Waals surface area contributed by atoms with E-state index in [0.717, 1.165) is 11.1 Å². The molecule has 0 saturated carbocycles. The molecule has 2 aromatic heterocycles. The van der Waals surface area contributed by atoms with E-state index in [1.165, 1.54) is 0 Å². The normalized spacial score (nSPS) is 10.8. The molecule has 0 spiro atoms. The number of aromatic amines is 1. The van der Waals surface area contributed by atoms with E-state index in [4.69, 9.17) is 9.84 Å². The number of nitrogens with zero attached hydrogens (tertiary/aromatic N) is 3. The van der Waals surface area contributed by atoms with Crippen molar-refractivity contribution in [3.63, 3.8) is 0 Å². The predicted molar refractivity (Wildman–Crippen MR) is 116 cm³/mol. The maximum Gasteiger partial charge on any atom is 0.412 e. The summed E-state index contributed by atoms with van der Waals surface area (Å²) in [5, 5.41) is 11.8. The third-order valence-electron chi connectivity index (χ3n) is 4.86. The van der Waals surface area contributed by atoms with Crippen LogP contribution in [-0.2, 0) is 11.3 Å². The van der Waals surface area contributed by atoms with Gasteiger partial charge in [0.05, 0.1) is 28.7 Å². The molecule has 0 radical (unpaired) electrons. The van der Waals surface area contributed by atoms with Crippen molar-refractivity contribution in [2.45, 2.75) is 20.5 Å². The first-order valence-electron chi connectivity index (χ1n) is 9.62. The van der Waals surface area contributed by atoms with Crippen LogP contribution in [0.15, 0.2) is 53.7 Å². The number of benzene rings is 2. The maximum absolute atomic E-state index is 12.1. The minimum atomic E-state index is -1.40. The Kier molecular flexibility index (Phi) is 5.42. The number of anilines is 1. The summed E-state index contributed by atoms with van der Waals surface area (Å²) in [4.78, 5) is 45.9. The van der Waals surface area contributed by atoms with Crippen molar-refractivity contribution in [3.05, 3.63) is 81.8 Å². The zero-order valence-electron chi connectivity index (χ0n) is 17.2. The van der Waals surface area contributed by atoms with Gasteiger partial charge in [-0.1, -0.05) is 18.2 Å². The molecule has 0 atom stereocenters. The standard InChI is InChI=1S/C22H19N5O5/c1-12-5-3-4-6-15(12)26-22(31)32-10-14-9-27(11-23-14)18-8-17-16(7-13(18)2)25-20(28)19(24-17)21(29)30/h3-9,11H,10H2,1-2H3,(H,25,28)(H,26,31)(H,29,30). The second-order valence-corrected chi connectivity index (χ2v) is 7.16. The van der Waals surface area contributed by atoms with Gasteiger partial charge in [-0.15, -0.1) is 0 Å². The molecule has 162 valence electrons. The highest BCUT2D eigenvalue weighted by Crippen LogP contribution is 2.20. The first kappa shape index (κ1) is 20.8. The highest BCUT2D eigenvalue weighted by Gasteiger charge is 2.14. The topological polar surface area (TPSA) is 139 Å². The molecular weight excluding hydrogens is 414 g/mol. The van der Waals surface area contributed by atoms with E-state index in [1.54, 1.807) is 35.3 Å². The molecule has 10 heteroatoms. The summed E-state index contributed by atoms with van der Waals surface area (Å²) >= 11 is 0. The third kappa shape index (κ3) is 4.19. The Morgan fingerprint density at radius 3 is 2.72 bits per heavy atom. The van der Waals surface area contributed by atoms with Crippen molar-refractivity contribution in [2.24, 2.45) is 0 Å². The largest absolute Gasteiger partial charge is 0.476 e. The number of fused-ring (bicyclic) bond motifs is 1. The number of para-hydroxylation sites is 1. The Labute approximate surface area is 181 Å². The molecule has 2 aromatic carbocycles. The molecule has 1 amide bonds. The molecule has 0 aliphatic carbocycles. The number of ether oxygens (including phenoxy) is 1. The van der Waals surface area contributed by atoms with Crippen LogP contribution in [0.2, 0.25) is 0 Å². The molecule has 2 heterocycles. The van der Waals surface area contributed by atoms with Gasteiger partial charge in [-0.25, -0.2) is 19.6 Å². The molecule has 0 bridgehead atoms. The number of nitrogens with one attached hydrogen (secondary N) is 2. The number of carboxylic acids is 1. The van der Waals surface area contributed by atoms with E-state index >= 15 is 0 Å². The molecule has 10 nitrogen and oxygen atoms in total. The van der Waals surface area contributed by atoms with Crippen LogP contribution in [0.4, 0.5) is 10.5 Å². The van der Waals surface area contributed by atoms with Gasteiger partial charge in [-0.2, -0.15) is 0 Å². The van der Waals surface area contributed by atoms with Gasteiger partial charge in [0.15, 0.2) is 0 Å². The van der Waals surface area contributed by atoms with Gasteiger partial charge in [0.25, 0.3) is 5.56 Å². The average Bonchev–Trinajstić information content (AvgIpc) is 3.21.